The highest BCUT2D eigenvalue weighted by Gasteiger charge is 2.36. The van der Waals surface area contributed by atoms with Gasteiger partial charge in [0.1, 0.15) is 11.9 Å². The number of carbonyl (C=O) groups is 1. The Kier molecular flexibility index (Phi) is 4.42. The third-order valence-electron chi connectivity index (χ3n) is 5.70. The standard InChI is InChI=1S/C20H26N4O2/c1-14-8-10-16(11-9-14)13-23-20(26)24-17(6-3-7-18(24)21-23)19(25)22-12-4-5-15(22)2/h8-11,15,17H,3-7,12-13H2,1-2H3/t15-,17?/m1/s1. The molecular weight excluding hydrogens is 328 g/mol. The maximum Gasteiger partial charge on any atom is 0.346 e. The smallest absolute Gasteiger partial charge is 0.338 e. The zero-order valence-corrected chi connectivity index (χ0v) is 15.5. The van der Waals surface area contributed by atoms with Crippen molar-refractivity contribution >= 4 is 5.91 Å². The van der Waals surface area contributed by atoms with E-state index in [0.29, 0.717) is 6.54 Å². The average Bonchev–Trinajstić information content (AvgIpc) is 3.20. The van der Waals surface area contributed by atoms with Crippen LogP contribution in [0.15, 0.2) is 29.1 Å². The molecule has 2 aromatic rings. The topological polar surface area (TPSA) is 60.1 Å². The number of amides is 1. The number of benzene rings is 1. The van der Waals surface area contributed by atoms with Crippen molar-refractivity contribution in [1.82, 2.24) is 19.2 Å². The van der Waals surface area contributed by atoms with E-state index in [1.54, 1.807) is 4.57 Å². The summed E-state index contributed by atoms with van der Waals surface area (Å²) in [6.07, 6.45) is 4.49. The van der Waals surface area contributed by atoms with E-state index in [1.807, 2.05) is 36.1 Å². The molecule has 1 aromatic heterocycles. The molecule has 138 valence electrons. The predicted molar refractivity (Wildman–Crippen MR) is 99.2 cm³/mol. The highest BCUT2D eigenvalue weighted by Crippen LogP contribution is 2.27. The first-order valence-electron chi connectivity index (χ1n) is 9.59. The van der Waals surface area contributed by atoms with E-state index in [2.05, 4.69) is 12.0 Å². The van der Waals surface area contributed by atoms with Crippen molar-refractivity contribution in [3.05, 3.63) is 51.7 Å². The highest BCUT2D eigenvalue weighted by atomic mass is 16.2. The third-order valence-corrected chi connectivity index (χ3v) is 5.70. The van der Waals surface area contributed by atoms with Crippen molar-refractivity contribution in [1.29, 1.82) is 0 Å². The molecule has 6 nitrogen and oxygen atoms in total. The Bertz CT molecular complexity index is 865. The van der Waals surface area contributed by atoms with E-state index in [9.17, 15) is 9.59 Å². The Morgan fingerprint density at radius 2 is 1.96 bits per heavy atom. The molecule has 0 spiro atoms. The van der Waals surface area contributed by atoms with E-state index in [-0.39, 0.29) is 17.6 Å². The van der Waals surface area contributed by atoms with Crippen LogP contribution in [0, 0.1) is 6.92 Å². The molecular formula is C20H26N4O2. The molecule has 2 aliphatic heterocycles. The van der Waals surface area contributed by atoms with Crippen LogP contribution < -0.4 is 5.69 Å². The van der Waals surface area contributed by atoms with Gasteiger partial charge in [-0.25, -0.2) is 9.48 Å². The summed E-state index contributed by atoms with van der Waals surface area (Å²) in [5.74, 6) is 0.839. The van der Waals surface area contributed by atoms with Crippen molar-refractivity contribution in [3.8, 4) is 0 Å². The largest absolute Gasteiger partial charge is 0.346 e. The zero-order valence-electron chi connectivity index (χ0n) is 15.5. The predicted octanol–water partition coefficient (Wildman–Crippen LogP) is 2.29. The molecule has 0 N–H and O–H groups in total. The lowest BCUT2D eigenvalue weighted by molar-refractivity contribution is -0.136. The Hall–Kier alpha value is -2.37. The Balaban J connectivity index is 1.64. The molecule has 0 aliphatic carbocycles. The molecule has 0 radical (unpaired) electrons. The maximum absolute atomic E-state index is 13.1. The second-order valence-corrected chi connectivity index (χ2v) is 7.64. The number of fused-ring (bicyclic) bond motifs is 1. The van der Waals surface area contributed by atoms with E-state index in [1.165, 1.54) is 10.2 Å². The number of hydrogen-bond acceptors (Lipinski definition) is 3. The molecule has 26 heavy (non-hydrogen) atoms. The van der Waals surface area contributed by atoms with Crippen LogP contribution in [0.5, 0.6) is 0 Å². The lowest BCUT2D eigenvalue weighted by atomic mass is 10.0. The second kappa shape index (κ2) is 6.74. The summed E-state index contributed by atoms with van der Waals surface area (Å²) >= 11 is 0. The van der Waals surface area contributed by atoms with E-state index >= 15 is 0 Å². The van der Waals surface area contributed by atoms with Gasteiger partial charge in [-0.3, -0.25) is 9.36 Å². The van der Waals surface area contributed by atoms with Gasteiger partial charge in [0.15, 0.2) is 0 Å². The van der Waals surface area contributed by atoms with Gasteiger partial charge >= 0.3 is 5.69 Å². The summed E-state index contributed by atoms with van der Waals surface area (Å²) in [6, 6.07) is 8.00. The van der Waals surface area contributed by atoms with Gasteiger partial charge in [0.25, 0.3) is 0 Å². The first kappa shape index (κ1) is 17.1. The highest BCUT2D eigenvalue weighted by molar-refractivity contribution is 5.81. The summed E-state index contributed by atoms with van der Waals surface area (Å²) in [5.41, 5.74) is 2.07. The lowest BCUT2D eigenvalue weighted by Crippen LogP contribution is -2.43. The summed E-state index contributed by atoms with van der Waals surface area (Å²) in [6.45, 7) is 5.39. The molecule has 3 heterocycles. The minimum atomic E-state index is -0.390. The zero-order chi connectivity index (χ0) is 18.3. The number of nitrogens with zero attached hydrogens (tertiary/aromatic N) is 4. The fourth-order valence-electron chi connectivity index (χ4n) is 4.19. The Morgan fingerprint density at radius 3 is 2.65 bits per heavy atom. The molecule has 1 unspecified atom stereocenters. The SMILES string of the molecule is Cc1ccc(Cn2nc3n(c2=O)C(C(=O)N2CCC[C@H]2C)CCC3)cc1. The molecule has 0 saturated carbocycles. The fourth-order valence-corrected chi connectivity index (χ4v) is 4.19. The molecule has 6 heteroatoms. The Labute approximate surface area is 153 Å². The van der Waals surface area contributed by atoms with Crippen LogP contribution in [-0.2, 0) is 17.8 Å². The van der Waals surface area contributed by atoms with Gasteiger partial charge in [0.2, 0.25) is 5.91 Å². The van der Waals surface area contributed by atoms with Gasteiger partial charge in [-0.2, -0.15) is 5.10 Å². The minimum Gasteiger partial charge on any atom is -0.338 e. The van der Waals surface area contributed by atoms with Crippen molar-refractivity contribution in [2.24, 2.45) is 0 Å². The van der Waals surface area contributed by atoms with Crippen molar-refractivity contribution in [2.75, 3.05) is 6.54 Å². The van der Waals surface area contributed by atoms with Crippen molar-refractivity contribution in [2.45, 2.75) is 64.6 Å². The summed E-state index contributed by atoms with van der Waals surface area (Å²) in [4.78, 5) is 28.0. The van der Waals surface area contributed by atoms with Crippen LogP contribution in [-0.4, -0.2) is 37.7 Å². The number of hydrogen-bond donors (Lipinski definition) is 0. The number of carbonyl (C=O) groups excluding carboxylic acids is 1. The molecule has 1 saturated heterocycles. The summed E-state index contributed by atoms with van der Waals surface area (Å²) in [5, 5.41) is 4.54. The molecule has 4 rings (SSSR count). The number of rotatable bonds is 3. The molecule has 2 aliphatic rings. The van der Waals surface area contributed by atoms with Crippen LogP contribution in [0.25, 0.3) is 0 Å². The van der Waals surface area contributed by atoms with E-state index in [4.69, 9.17) is 0 Å². The molecule has 1 fully saturated rings. The van der Waals surface area contributed by atoms with Crippen molar-refractivity contribution in [3.63, 3.8) is 0 Å². The quantitative estimate of drug-likeness (QED) is 0.850. The maximum atomic E-state index is 13.1. The monoisotopic (exact) mass is 354 g/mol. The van der Waals surface area contributed by atoms with Crippen LogP contribution in [0.4, 0.5) is 0 Å². The van der Waals surface area contributed by atoms with E-state index in [0.717, 1.165) is 50.0 Å². The molecule has 2 atom stereocenters. The minimum absolute atomic E-state index is 0.0907. The van der Waals surface area contributed by atoms with Gasteiger partial charge in [0.05, 0.1) is 6.54 Å². The summed E-state index contributed by atoms with van der Waals surface area (Å²) in [7, 11) is 0. The second-order valence-electron chi connectivity index (χ2n) is 7.64. The normalized spacial score (nSPS) is 22.5. The van der Waals surface area contributed by atoms with Crippen LogP contribution in [0.1, 0.15) is 55.6 Å². The van der Waals surface area contributed by atoms with Gasteiger partial charge in [-0.05, 0) is 45.1 Å². The number of aromatic nitrogens is 3. The van der Waals surface area contributed by atoms with Gasteiger partial charge in [-0.1, -0.05) is 29.8 Å². The molecule has 1 aromatic carbocycles. The van der Waals surface area contributed by atoms with Crippen LogP contribution in [0.2, 0.25) is 0 Å². The number of aryl methyl sites for hydroxylation is 2. The molecule has 1 amide bonds. The molecule has 0 bridgehead atoms. The van der Waals surface area contributed by atoms with E-state index < -0.39 is 6.04 Å². The van der Waals surface area contributed by atoms with Gasteiger partial charge in [-0.15, -0.1) is 0 Å². The third kappa shape index (κ3) is 2.97. The summed E-state index contributed by atoms with van der Waals surface area (Å²) < 4.78 is 3.17. The number of likely N-dealkylation sites (tertiary alicyclic amines) is 1. The van der Waals surface area contributed by atoms with Crippen LogP contribution in [0.3, 0.4) is 0 Å². The average molecular weight is 354 g/mol. The van der Waals surface area contributed by atoms with Gasteiger partial charge < -0.3 is 4.90 Å². The first-order valence-corrected chi connectivity index (χ1v) is 9.59. The first-order chi connectivity index (χ1) is 12.5. The fraction of sp³-hybridized carbons (Fsp3) is 0.550. The van der Waals surface area contributed by atoms with Gasteiger partial charge in [0, 0.05) is 19.0 Å². The van der Waals surface area contributed by atoms with Crippen LogP contribution >= 0.6 is 0 Å². The Morgan fingerprint density at radius 1 is 1.19 bits per heavy atom. The lowest BCUT2D eigenvalue weighted by Gasteiger charge is -2.29. The van der Waals surface area contributed by atoms with Crippen molar-refractivity contribution < 1.29 is 4.79 Å².